The molecule has 0 saturated heterocycles. The first-order valence-electron chi connectivity index (χ1n) is 6.83. The second-order valence-electron chi connectivity index (χ2n) is 4.94. The molecular weight excluding hydrogens is 229 g/mol. The molecule has 1 N–H and O–H groups in total. The van der Waals surface area contributed by atoms with Crippen molar-refractivity contribution in [1.82, 2.24) is 5.32 Å². The van der Waals surface area contributed by atoms with Crippen LogP contribution in [-0.2, 0) is 0 Å². The molecule has 0 radical (unpaired) electrons. The van der Waals surface area contributed by atoms with Crippen molar-refractivity contribution in [3.05, 3.63) is 29.6 Å². The van der Waals surface area contributed by atoms with E-state index in [1.165, 1.54) is 32.8 Å². The molecule has 0 spiro atoms. The molecule has 1 aromatic carbocycles. The molecule has 1 saturated carbocycles. The summed E-state index contributed by atoms with van der Waals surface area (Å²) in [4.78, 5) is 0. The number of nitrogens with one attached hydrogen (secondary N) is 1. The first-order valence-corrected chi connectivity index (χ1v) is 6.83. The number of ether oxygens (including phenoxy) is 1. The highest BCUT2D eigenvalue weighted by atomic mass is 19.1. The molecule has 1 aromatic rings. The van der Waals surface area contributed by atoms with E-state index in [2.05, 4.69) is 12.2 Å². The molecule has 1 unspecified atom stereocenters. The minimum Gasteiger partial charge on any atom is -0.494 e. The molecule has 3 heteroatoms. The summed E-state index contributed by atoms with van der Waals surface area (Å²) in [6.45, 7) is 2.93. The fourth-order valence-corrected chi connectivity index (χ4v) is 2.97. The fourth-order valence-electron chi connectivity index (χ4n) is 2.97. The van der Waals surface area contributed by atoms with Gasteiger partial charge < -0.3 is 10.1 Å². The van der Waals surface area contributed by atoms with Gasteiger partial charge in [-0.15, -0.1) is 0 Å². The van der Waals surface area contributed by atoms with Crippen molar-refractivity contribution >= 4 is 0 Å². The molecule has 2 nitrogen and oxygen atoms in total. The Morgan fingerprint density at radius 2 is 2.11 bits per heavy atom. The molecule has 18 heavy (non-hydrogen) atoms. The van der Waals surface area contributed by atoms with Crippen LogP contribution in [0.5, 0.6) is 5.75 Å². The van der Waals surface area contributed by atoms with E-state index in [0.29, 0.717) is 11.7 Å². The lowest BCUT2D eigenvalue weighted by Crippen LogP contribution is -2.27. The molecule has 100 valence electrons. The summed E-state index contributed by atoms with van der Waals surface area (Å²) in [5.74, 6) is 0.679. The zero-order chi connectivity index (χ0) is 13.0. The monoisotopic (exact) mass is 251 g/mol. The number of rotatable bonds is 5. The van der Waals surface area contributed by atoms with E-state index in [1.54, 1.807) is 6.07 Å². The Morgan fingerprint density at radius 3 is 2.72 bits per heavy atom. The zero-order valence-corrected chi connectivity index (χ0v) is 11.2. The van der Waals surface area contributed by atoms with Crippen molar-refractivity contribution in [2.75, 3.05) is 13.7 Å². The Hall–Kier alpha value is -1.09. The predicted molar refractivity (Wildman–Crippen MR) is 71.3 cm³/mol. The summed E-state index contributed by atoms with van der Waals surface area (Å²) in [5, 5.41) is 3.44. The van der Waals surface area contributed by atoms with Gasteiger partial charge in [-0.3, -0.25) is 0 Å². The van der Waals surface area contributed by atoms with Crippen LogP contribution in [0.3, 0.4) is 0 Å². The van der Waals surface area contributed by atoms with Crippen LogP contribution in [0.1, 0.15) is 44.2 Å². The first-order chi connectivity index (χ1) is 8.77. The van der Waals surface area contributed by atoms with Gasteiger partial charge in [-0.25, -0.2) is 4.39 Å². The van der Waals surface area contributed by atoms with Gasteiger partial charge in [0, 0.05) is 11.6 Å². The highest BCUT2D eigenvalue weighted by Crippen LogP contribution is 2.38. The minimum atomic E-state index is -0.210. The van der Waals surface area contributed by atoms with Gasteiger partial charge in [0.1, 0.15) is 0 Å². The Kier molecular flexibility index (Phi) is 4.59. The Morgan fingerprint density at radius 1 is 1.39 bits per heavy atom. The van der Waals surface area contributed by atoms with Crippen molar-refractivity contribution in [2.45, 2.75) is 38.6 Å². The molecule has 2 rings (SSSR count). The van der Waals surface area contributed by atoms with Crippen LogP contribution in [0, 0.1) is 11.7 Å². The smallest absolute Gasteiger partial charge is 0.169 e. The molecule has 0 aromatic heterocycles. The molecule has 0 amide bonds. The number of halogens is 1. The summed E-state index contributed by atoms with van der Waals surface area (Å²) in [6, 6.07) is 5.55. The summed E-state index contributed by atoms with van der Waals surface area (Å²) < 4.78 is 19.4. The lowest BCUT2D eigenvalue weighted by molar-refractivity contribution is 0.347. The molecule has 0 aliphatic heterocycles. The van der Waals surface area contributed by atoms with Crippen LogP contribution in [0.25, 0.3) is 0 Å². The van der Waals surface area contributed by atoms with Gasteiger partial charge in [0.25, 0.3) is 0 Å². The Labute approximate surface area is 109 Å². The van der Waals surface area contributed by atoms with Crippen molar-refractivity contribution in [1.29, 1.82) is 0 Å². The van der Waals surface area contributed by atoms with Gasteiger partial charge in [0.2, 0.25) is 0 Å². The van der Waals surface area contributed by atoms with Gasteiger partial charge >= 0.3 is 0 Å². The minimum absolute atomic E-state index is 0.118. The van der Waals surface area contributed by atoms with Crippen LogP contribution < -0.4 is 10.1 Å². The van der Waals surface area contributed by atoms with Gasteiger partial charge in [0.15, 0.2) is 11.6 Å². The Balaban J connectivity index is 2.29. The van der Waals surface area contributed by atoms with Gasteiger partial charge in [-0.05, 0) is 31.4 Å². The lowest BCUT2D eigenvalue weighted by atomic mass is 9.91. The van der Waals surface area contributed by atoms with E-state index in [-0.39, 0.29) is 11.9 Å². The maximum atomic E-state index is 14.3. The van der Waals surface area contributed by atoms with Crippen LogP contribution in [0.2, 0.25) is 0 Å². The molecule has 1 aliphatic rings. The van der Waals surface area contributed by atoms with E-state index in [0.717, 1.165) is 12.1 Å². The van der Waals surface area contributed by atoms with Gasteiger partial charge in [0.05, 0.1) is 7.11 Å². The van der Waals surface area contributed by atoms with Gasteiger partial charge in [-0.2, -0.15) is 0 Å². The second-order valence-corrected chi connectivity index (χ2v) is 4.94. The topological polar surface area (TPSA) is 21.3 Å². The van der Waals surface area contributed by atoms with Crippen LogP contribution >= 0.6 is 0 Å². The third kappa shape index (κ3) is 2.66. The maximum absolute atomic E-state index is 14.3. The predicted octanol–water partition coefficient (Wildman–Crippen LogP) is 3.68. The van der Waals surface area contributed by atoms with E-state index >= 15 is 0 Å². The number of hydrogen-bond acceptors (Lipinski definition) is 2. The van der Waals surface area contributed by atoms with E-state index in [1.807, 2.05) is 12.1 Å². The standard InChI is InChI=1S/C15H22FNO/c1-3-17-15(11-7-4-5-8-11)12-9-6-10-13(18-2)14(12)16/h6,9-11,15,17H,3-5,7-8H2,1-2H3. The molecule has 1 fully saturated rings. The Bertz CT molecular complexity index is 388. The van der Waals surface area contributed by atoms with Crippen molar-refractivity contribution in [3.8, 4) is 5.75 Å². The SMILES string of the molecule is CCNC(c1cccc(OC)c1F)C1CCCC1. The number of methoxy groups -OCH3 is 1. The van der Waals surface area contributed by atoms with Crippen LogP contribution in [0.4, 0.5) is 4.39 Å². The maximum Gasteiger partial charge on any atom is 0.169 e. The highest BCUT2D eigenvalue weighted by Gasteiger charge is 2.28. The summed E-state index contributed by atoms with van der Waals surface area (Å²) in [5.41, 5.74) is 0.753. The largest absolute Gasteiger partial charge is 0.494 e. The van der Waals surface area contributed by atoms with Crippen molar-refractivity contribution < 1.29 is 9.13 Å². The quantitative estimate of drug-likeness (QED) is 0.862. The van der Waals surface area contributed by atoms with E-state index < -0.39 is 0 Å². The zero-order valence-electron chi connectivity index (χ0n) is 11.2. The van der Waals surface area contributed by atoms with Gasteiger partial charge in [-0.1, -0.05) is 31.9 Å². The number of hydrogen-bond donors (Lipinski definition) is 1. The normalized spacial score (nSPS) is 17.9. The third-order valence-corrected chi connectivity index (χ3v) is 3.84. The average Bonchev–Trinajstić information content (AvgIpc) is 2.90. The average molecular weight is 251 g/mol. The molecule has 1 atom stereocenters. The second kappa shape index (κ2) is 6.19. The third-order valence-electron chi connectivity index (χ3n) is 3.84. The summed E-state index contributed by atoms with van der Waals surface area (Å²) in [6.07, 6.45) is 4.90. The van der Waals surface area contributed by atoms with Crippen LogP contribution in [0.15, 0.2) is 18.2 Å². The van der Waals surface area contributed by atoms with E-state index in [4.69, 9.17) is 4.74 Å². The first kappa shape index (κ1) is 13.3. The lowest BCUT2D eigenvalue weighted by Gasteiger charge is -2.25. The summed E-state index contributed by atoms with van der Waals surface area (Å²) in [7, 11) is 1.51. The molecule has 0 bridgehead atoms. The summed E-state index contributed by atoms with van der Waals surface area (Å²) >= 11 is 0. The van der Waals surface area contributed by atoms with Crippen molar-refractivity contribution in [2.24, 2.45) is 5.92 Å². The molecule has 1 aliphatic carbocycles. The number of benzene rings is 1. The van der Waals surface area contributed by atoms with Crippen LogP contribution in [-0.4, -0.2) is 13.7 Å². The molecule has 0 heterocycles. The van der Waals surface area contributed by atoms with E-state index in [9.17, 15) is 4.39 Å². The molecular formula is C15H22FNO. The fraction of sp³-hybridized carbons (Fsp3) is 0.600. The van der Waals surface area contributed by atoms with Crippen molar-refractivity contribution in [3.63, 3.8) is 0 Å². The highest BCUT2D eigenvalue weighted by molar-refractivity contribution is 5.33.